The Balaban J connectivity index is 1.53. The molecule has 1 aromatic carbocycles. The molecule has 0 aliphatic carbocycles. The summed E-state index contributed by atoms with van der Waals surface area (Å²) in [6, 6.07) is 6.59. The lowest BCUT2D eigenvalue weighted by atomic mass is 9.94. The van der Waals surface area contributed by atoms with Crippen molar-refractivity contribution in [3.63, 3.8) is 0 Å². The first-order chi connectivity index (χ1) is 15.9. The highest BCUT2D eigenvalue weighted by molar-refractivity contribution is 5.90. The van der Waals surface area contributed by atoms with Gasteiger partial charge < -0.3 is 18.9 Å². The zero-order valence-electron chi connectivity index (χ0n) is 20.3. The van der Waals surface area contributed by atoms with Gasteiger partial charge in [0.2, 0.25) is 5.91 Å². The van der Waals surface area contributed by atoms with Crippen molar-refractivity contribution in [3.05, 3.63) is 53.7 Å². The van der Waals surface area contributed by atoms with Crippen LogP contribution in [0.4, 0.5) is 0 Å². The lowest BCUT2D eigenvalue weighted by Gasteiger charge is -2.35. The van der Waals surface area contributed by atoms with E-state index in [0.29, 0.717) is 5.92 Å². The number of benzene rings is 1. The minimum absolute atomic E-state index is 0.167. The summed E-state index contributed by atoms with van der Waals surface area (Å²) in [6.45, 7) is 8.75. The predicted octanol–water partition coefficient (Wildman–Crippen LogP) is 2.80. The number of piperazine rings is 1. The molecule has 2 aliphatic heterocycles. The molecule has 1 saturated heterocycles. The van der Waals surface area contributed by atoms with Crippen LogP contribution in [0.15, 0.2) is 36.8 Å². The van der Waals surface area contributed by atoms with Gasteiger partial charge in [-0.1, -0.05) is 26.0 Å². The Morgan fingerprint density at radius 3 is 2.67 bits per heavy atom. The van der Waals surface area contributed by atoms with Crippen molar-refractivity contribution in [1.29, 1.82) is 0 Å². The van der Waals surface area contributed by atoms with Crippen molar-refractivity contribution >= 4 is 16.8 Å². The molecule has 1 fully saturated rings. The predicted molar refractivity (Wildman–Crippen MR) is 131 cm³/mol. The van der Waals surface area contributed by atoms with E-state index in [9.17, 15) is 4.79 Å². The summed E-state index contributed by atoms with van der Waals surface area (Å²) in [5, 5.41) is 5.11. The summed E-state index contributed by atoms with van der Waals surface area (Å²) in [4.78, 5) is 22.5. The number of rotatable bonds is 5. The molecule has 7 nitrogen and oxygen atoms in total. The largest absolute Gasteiger partial charge is 0.340 e. The smallest absolute Gasteiger partial charge is 0.240 e. The van der Waals surface area contributed by atoms with Crippen LogP contribution in [0.2, 0.25) is 0 Å². The first-order valence-corrected chi connectivity index (χ1v) is 12.2. The maximum absolute atomic E-state index is 13.6. The van der Waals surface area contributed by atoms with E-state index in [2.05, 4.69) is 74.5 Å². The van der Waals surface area contributed by atoms with E-state index >= 15 is 0 Å². The summed E-state index contributed by atoms with van der Waals surface area (Å²) in [6.07, 6.45) is 7.83. The van der Waals surface area contributed by atoms with Crippen molar-refractivity contribution in [2.75, 3.05) is 33.2 Å². The standard InChI is InChI=1S/C26H36N6O/c1-18(2)14-21-20-6-5-7-23-25(20)19(16-32(23)17-24-27-8-9-30(24)4)15-22(28-21)26(33)31-12-10-29(3)11-13-31/h5-9,16,18,21-22,28H,10-15,17H2,1-4H3/t21-,22-/m0/s1. The summed E-state index contributed by atoms with van der Waals surface area (Å²) in [5.41, 5.74) is 3.82. The fourth-order valence-corrected chi connectivity index (χ4v) is 5.43. The second-order valence-electron chi connectivity index (χ2n) is 10.2. The maximum Gasteiger partial charge on any atom is 0.240 e. The van der Waals surface area contributed by atoms with Crippen molar-refractivity contribution in [2.24, 2.45) is 13.0 Å². The second kappa shape index (κ2) is 8.95. The highest BCUT2D eigenvalue weighted by Gasteiger charge is 2.33. The molecular formula is C26H36N6O. The number of aromatic nitrogens is 3. The third-order valence-corrected chi connectivity index (χ3v) is 7.27. The molecular weight excluding hydrogens is 412 g/mol. The van der Waals surface area contributed by atoms with Gasteiger partial charge in [0.05, 0.1) is 12.6 Å². The number of hydrogen-bond donors (Lipinski definition) is 1. The Hall–Kier alpha value is -2.64. The van der Waals surface area contributed by atoms with Crippen LogP contribution in [-0.4, -0.2) is 69.1 Å². The maximum atomic E-state index is 13.6. The number of aryl methyl sites for hydroxylation is 1. The molecule has 2 aliphatic rings. The summed E-state index contributed by atoms with van der Waals surface area (Å²) in [7, 11) is 4.17. The molecule has 1 N–H and O–H groups in total. The Bertz CT molecular complexity index is 1140. The average molecular weight is 449 g/mol. The van der Waals surface area contributed by atoms with Crippen LogP contribution in [0.5, 0.6) is 0 Å². The molecule has 0 saturated carbocycles. The number of nitrogens with zero attached hydrogens (tertiary/aromatic N) is 5. The minimum Gasteiger partial charge on any atom is -0.340 e. The topological polar surface area (TPSA) is 58.3 Å². The fraction of sp³-hybridized carbons (Fsp3) is 0.538. The van der Waals surface area contributed by atoms with Gasteiger partial charge in [-0.15, -0.1) is 0 Å². The number of likely N-dealkylation sites (N-methyl/N-ethyl adjacent to an activating group) is 1. The Kier molecular flexibility index (Phi) is 6.01. The van der Waals surface area contributed by atoms with Crippen LogP contribution >= 0.6 is 0 Å². The van der Waals surface area contributed by atoms with Gasteiger partial charge in [-0.3, -0.25) is 10.1 Å². The highest BCUT2D eigenvalue weighted by Crippen LogP contribution is 2.36. The molecule has 2 atom stereocenters. The second-order valence-corrected chi connectivity index (χ2v) is 10.2. The number of nitrogens with one attached hydrogen (secondary N) is 1. The molecule has 0 unspecified atom stereocenters. The van der Waals surface area contributed by atoms with Crippen molar-refractivity contribution in [3.8, 4) is 0 Å². The van der Waals surface area contributed by atoms with Crippen molar-refractivity contribution < 1.29 is 4.79 Å². The van der Waals surface area contributed by atoms with Gasteiger partial charge in [-0.2, -0.15) is 0 Å². The van der Waals surface area contributed by atoms with E-state index in [1.165, 1.54) is 22.0 Å². The number of carbonyl (C=O) groups excluding carboxylic acids is 1. The van der Waals surface area contributed by atoms with Crippen LogP contribution in [-0.2, 0) is 24.8 Å². The fourth-order valence-electron chi connectivity index (χ4n) is 5.43. The van der Waals surface area contributed by atoms with Gasteiger partial charge in [-0.25, -0.2) is 4.98 Å². The molecule has 3 aromatic rings. The van der Waals surface area contributed by atoms with Gasteiger partial charge in [-0.05, 0) is 43.0 Å². The van der Waals surface area contributed by atoms with E-state index < -0.39 is 0 Å². The first-order valence-electron chi connectivity index (χ1n) is 12.2. The van der Waals surface area contributed by atoms with Crippen LogP contribution in [0.1, 0.15) is 43.3 Å². The van der Waals surface area contributed by atoms with Crippen molar-refractivity contribution in [1.82, 2.24) is 29.2 Å². The van der Waals surface area contributed by atoms with Gasteiger partial charge in [0.15, 0.2) is 0 Å². The third kappa shape index (κ3) is 4.32. The molecule has 4 heterocycles. The molecule has 1 amide bonds. The molecule has 176 valence electrons. The van der Waals surface area contributed by atoms with Gasteiger partial charge in [0.25, 0.3) is 0 Å². The number of carbonyl (C=O) groups is 1. The first kappa shape index (κ1) is 22.2. The van der Waals surface area contributed by atoms with E-state index in [-0.39, 0.29) is 18.0 Å². The van der Waals surface area contributed by atoms with E-state index in [1.54, 1.807) is 0 Å². The van der Waals surface area contributed by atoms with Crippen LogP contribution in [0, 0.1) is 5.92 Å². The molecule has 33 heavy (non-hydrogen) atoms. The molecule has 2 aromatic heterocycles. The normalized spacial score (nSPS) is 21.7. The van der Waals surface area contributed by atoms with E-state index in [4.69, 9.17) is 0 Å². The zero-order chi connectivity index (χ0) is 23.1. The number of imidazole rings is 1. The Morgan fingerprint density at radius 2 is 1.97 bits per heavy atom. The van der Waals surface area contributed by atoms with Crippen LogP contribution in [0.25, 0.3) is 10.9 Å². The molecule has 7 heteroatoms. The van der Waals surface area contributed by atoms with Crippen LogP contribution < -0.4 is 5.32 Å². The molecule has 0 spiro atoms. The molecule has 0 bridgehead atoms. The number of amides is 1. The zero-order valence-corrected chi connectivity index (χ0v) is 20.3. The molecule has 0 radical (unpaired) electrons. The average Bonchev–Trinajstić information content (AvgIpc) is 3.31. The summed E-state index contributed by atoms with van der Waals surface area (Å²) >= 11 is 0. The minimum atomic E-state index is -0.197. The highest BCUT2D eigenvalue weighted by atomic mass is 16.2. The van der Waals surface area contributed by atoms with E-state index in [0.717, 1.165) is 51.4 Å². The van der Waals surface area contributed by atoms with Gasteiger partial charge >= 0.3 is 0 Å². The summed E-state index contributed by atoms with van der Waals surface area (Å²) < 4.78 is 4.38. The van der Waals surface area contributed by atoms with Crippen LogP contribution in [0.3, 0.4) is 0 Å². The van der Waals surface area contributed by atoms with Gasteiger partial charge in [0, 0.05) is 68.8 Å². The summed E-state index contributed by atoms with van der Waals surface area (Å²) in [5.74, 6) is 1.81. The SMILES string of the molecule is CC(C)C[C@@H]1N[C@H](C(=O)N2CCN(C)CC2)Cc2cn(Cc3nccn3C)c3cccc1c23. The Labute approximate surface area is 196 Å². The van der Waals surface area contributed by atoms with Gasteiger partial charge in [0.1, 0.15) is 5.82 Å². The molecule has 5 rings (SSSR count). The van der Waals surface area contributed by atoms with E-state index in [1.807, 2.05) is 19.4 Å². The third-order valence-electron chi connectivity index (χ3n) is 7.27. The van der Waals surface area contributed by atoms with Crippen molar-refractivity contribution in [2.45, 2.75) is 45.3 Å². The lowest BCUT2D eigenvalue weighted by Crippen LogP contribution is -2.54. The lowest BCUT2D eigenvalue weighted by molar-refractivity contribution is -0.135. The number of hydrogen-bond acceptors (Lipinski definition) is 4. The Morgan fingerprint density at radius 1 is 1.18 bits per heavy atom. The monoisotopic (exact) mass is 448 g/mol. The quantitative estimate of drug-likeness (QED) is 0.652.